The Hall–Kier alpha value is -2.62. The Labute approximate surface area is 142 Å². The molecule has 1 aliphatic heterocycles. The van der Waals surface area contributed by atoms with Crippen molar-refractivity contribution in [1.29, 1.82) is 0 Å². The van der Waals surface area contributed by atoms with Gasteiger partial charge in [-0.3, -0.25) is 9.59 Å². The maximum atomic E-state index is 12.8. The molecule has 24 heavy (non-hydrogen) atoms. The van der Waals surface area contributed by atoms with E-state index in [9.17, 15) is 9.59 Å². The molecule has 0 radical (unpaired) electrons. The molecule has 1 saturated heterocycles. The van der Waals surface area contributed by atoms with Crippen molar-refractivity contribution in [2.45, 2.75) is 40.2 Å². The molecule has 1 heterocycles. The summed E-state index contributed by atoms with van der Waals surface area (Å²) in [4.78, 5) is 26.5. The number of imide groups is 1. The quantitative estimate of drug-likeness (QED) is 0.877. The molecule has 0 aromatic heterocycles. The monoisotopic (exact) mass is 322 g/mol. The van der Waals surface area contributed by atoms with Gasteiger partial charge in [-0.2, -0.15) is 0 Å². The van der Waals surface area contributed by atoms with Crippen molar-refractivity contribution < 1.29 is 9.59 Å². The molecule has 124 valence electrons. The van der Waals surface area contributed by atoms with Crippen LogP contribution >= 0.6 is 0 Å². The van der Waals surface area contributed by atoms with Crippen molar-refractivity contribution in [2.24, 2.45) is 0 Å². The first kappa shape index (κ1) is 16.2. The van der Waals surface area contributed by atoms with Gasteiger partial charge in [0, 0.05) is 5.69 Å². The van der Waals surface area contributed by atoms with Gasteiger partial charge in [0.1, 0.15) is 6.04 Å². The van der Waals surface area contributed by atoms with Gasteiger partial charge in [-0.25, -0.2) is 4.90 Å². The SMILES string of the molecule is Cc1cc(C)cc(N[C@@H]2CC(=O)N(c3ccc(C)cc3C)C2=O)c1. The summed E-state index contributed by atoms with van der Waals surface area (Å²) >= 11 is 0. The lowest BCUT2D eigenvalue weighted by Gasteiger charge is -2.18. The summed E-state index contributed by atoms with van der Waals surface area (Å²) in [6.45, 7) is 7.95. The van der Waals surface area contributed by atoms with Crippen LogP contribution in [0.2, 0.25) is 0 Å². The van der Waals surface area contributed by atoms with E-state index in [0.717, 1.165) is 27.9 Å². The second-order valence-corrected chi connectivity index (χ2v) is 6.63. The van der Waals surface area contributed by atoms with E-state index in [2.05, 4.69) is 11.4 Å². The molecule has 3 rings (SSSR count). The van der Waals surface area contributed by atoms with Gasteiger partial charge in [0.15, 0.2) is 0 Å². The highest BCUT2D eigenvalue weighted by molar-refractivity contribution is 6.23. The second kappa shape index (κ2) is 6.11. The van der Waals surface area contributed by atoms with Crippen molar-refractivity contribution in [2.75, 3.05) is 10.2 Å². The Morgan fingerprint density at radius 3 is 2.21 bits per heavy atom. The minimum Gasteiger partial charge on any atom is -0.373 e. The summed E-state index contributed by atoms with van der Waals surface area (Å²) in [6.07, 6.45) is 0.180. The van der Waals surface area contributed by atoms with Gasteiger partial charge in [0.2, 0.25) is 5.91 Å². The molecule has 0 saturated carbocycles. The fourth-order valence-electron chi connectivity index (χ4n) is 3.31. The molecule has 1 aliphatic rings. The zero-order valence-corrected chi connectivity index (χ0v) is 14.5. The minimum atomic E-state index is -0.514. The van der Waals surface area contributed by atoms with E-state index in [1.807, 2.05) is 58.0 Å². The van der Waals surface area contributed by atoms with Crippen molar-refractivity contribution in [3.8, 4) is 0 Å². The standard InChI is InChI=1S/C20H22N2O2/c1-12-5-6-18(15(4)8-12)22-19(23)11-17(20(22)24)21-16-9-13(2)7-14(3)10-16/h5-10,17,21H,11H2,1-4H3/t17-/m1/s1. The number of benzene rings is 2. The molecule has 2 amide bonds. The van der Waals surface area contributed by atoms with E-state index in [0.29, 0.717) is 5.69 Å². The zero-order valence-electron chi connectivity index (χ0n) is 14.5. The van der Waals surface area contributed by atoms with Gasteiger partial charge in [-0.1, -0.05) is 23.8 Å². The number of nitrogens with one attached hydrogen (secondary N) is 1. The van der Waals surface area contributed by atoms with Crippen molar-refractivity contribution in [1.82, 2.24) is 0 Å². The molecule has 1 atom stereocenters. The van der Waals surface area contributed by atoms with E-state index in [1.54, 1.807) is 0 Å². The Bertz CT molecular complexity index is 806. The highest BCUT2D eigenvalue weighted by Gasteiger charge is 2.40. The summed E-state index contributed by atoms with van der Waals surface area (Å²) in [5, 5.41) is 3.22. The molecule has 0 spiro atoms. The average Bonchev–Trinajstić information content (AvgIpc) is 2.73. The van der Waals surface area contributed by atoms with Gasteiger partial charge in [-0.15, -0.1) is 0 Å². The van der Waals surface area contributed by atoms with Gasteiger partial charge >= 0.3 is 0 Å². The summed E-state index contributed by atoms with van der Waals surface area (Å²) in [7, 11) is 0. The molecule has 0 bridgehead atoms. The number of hydrogen-bond donors (Lipinski definition) is 1. The van der Waals surface area contributed by atoms with E-state index >= 15 is 0 Å². The Morgan fingerprint density at radius 1 is 0.917 bits per heavy atom. The normalized spacial score (nSPS) is 17.5. The van der Waals surface area contributed by atoms with E-state index < -0.39 is 6.04 Å². The van der Waals surface area contributed by atoms with Crippen molar-refractivity contribution >= 4 is 23.2 Å². The summed E-state index contributed by atoms with van der Waals surface area (Å²) in [6, 6.07) is 11.3. The average molecular weight is 322 g/mol. The maximum absolute atomic E-state index is 12.8. The fourth-order valence-corrected chi connectivity index (χ4v) is 3.31. The molecular weight excluding hydrogens is 300 g/mol. The van der Waals surface area contributed by atoms with E-state index in [4.69, 9.17) is 0 Å². The van der Waals surface area contributed by atoms with Crippen LogP contribution in [0.4, 0.5) is 11.4 Å². The van der Waals surface area contributed by atoms with E-state index in [1.165, 1.54) is 4.90 Å². The lowest BCUT2D eigenvalue weighted by Crippen LogP contribution is -2.35. The number of nitrogens with zero attached hydrogens (tertiary/aromatic N) is 1. The van der Waals surface area contributed by atoms with Crippen LogP contribution in [0.25, 0.3) is 0 Å². The van der Waals surface area contributed by atoms with Gasteiger partial charge in [0.25, 0.3) is 5.91 Å². The predicted molar refractivity (Wildman–Crippen MR) is 96.4 cm³/mol. The Kier molecular flexibility index (Phi) is 4.14. The first-order valence-electron chi connectivity index (χ1n) is 8.14. The van der Waals surface area contributed by atoms with Gasteiger partial charge < -0.3 is 5.32 Å². The number of amides is 2. The van der Waals surface area contributed by atoms with Crippen LogP contribution in [-0.2, 0) is 9.59 Å². The molecule has 4 nitrogen and oxygen atoms in total. The van der Waals surface area contributed by atoms with Crippen LogP contribution in [0.5, 0.6) is 0 Å². The summed E-state index contributed by atoms with van der Waals surface area (Å²) in [5.74, 6) is -0.347. The third-order valence-corrected chi connectivity index (χ3v) is 4.30. The van der Waals surface area contributed by atoms with Crippen LogP contribution in [0.3, 0.4) is 0 Å². The van der Waals surface area contributed by atoms with Crippen LogP contribution in [0.1, 0.15) is 28.7 Å². The number of hydrogen-bond acceptors (Lipinski definition) is 3. The highest BCUT2D eigenvalue weighted by Crippen LogP contribution is 2.28. The maximum Gasteiger partial charge on any atom is 0.256 e. The molecule has 2 aromatic rings. The largest absolute Gasteiger partial charge is 0.373 e. The topological polar surface area (TPSA) is 49.4 Å². The molecule has 0 unspecified atom stereocenters. The highest BCUT2D eigenvalue weighted by atomic mass is 16.2. The van der Waals surface area contributed by atoms with Crippen molar-refractivity contribution in [3.05, 3.63) is 58.7 Å². The van der Waals surface area contributed by atoms with Crippen LogP contribution in [0, 0.1) is 27.7 Å². The minimum absolute atomic E-state index is 0.158. The molecule has 4 heteroatoms. The number of aryl methyl sites for hydroxylation is 4. The van der Waals surface area contributed by atoms with Gasteiger partial charge in [0.05, 0.1) is 12.1 Å². The molecular formula is C20H22N2O2. The summed E-state index contributed by atoms with van der Waals surface area (Å²) < 4.78 is 0. The van der Waals surface area contributed by atoms with Crippen molar-refractivity contribution in [3.63, 3.8) is 0 Å². The number of anilines is 2. The first-order valence-corrected chi connectivity index (χ1v) is 8.14. The molecule has 1 fully saturated rings. The zero-order chi connectivity index (χ0) is 17.4. The summed E-state index contributed by atoms with van der Waals surface area (Å²) in [5.41, 5.74) is 5.85. The van der Waals surface area contributed by atoms with Gasteiger partial charge in [-0.05, 0) is 62.6 Å². The molecule has 2 aromatic carbocycles. The smallest absolute Gasteiger partial charge is 0.256 e. The number of rotatable bonds is 3. The van der Waals surface area contributed by atoms with Crippen LogP contribution in [-0.4, -0.2) is 17.9 Å². The molecule has 1 N–H and O–H groups in total. The molecule has 0 aliphatic carbocycles. The Balaban J connectivity index is 1.86. The second-order valence-electron chi connectivity index (χ2n) is 6.63. The first-order chi connectivity index (χ1) is 11.3. The number of carbonyl (C=O) groups is 2. The van der Waals surface area contributed by atoms with Crippen LogP contribution in [0.15, 0.2) is 36.4 Å². The Morgan fingerprint density at radius 2 is 1.58 bits per heavy atom. The lowest BCUT2D eigenvalue weighted by molar-refractivity contribution is -0.121. The number of carbonyl (C=O) groups excluding carboxylic acids is 2. The third kappa shape index (κ3) is 3.04. The van der Waals surface area contributed by atoms with Crippen LogP contribution < -0.4 is 10.2 Å². The fraction of sp³-hybridized carbons (Fsp3) is 0.300. The lowest BCUT2D eigenvalue weighted by atomic mass is 10.1. The predicted octanol–water partition coefficient (Wildman–Crippen LogP) is 3.66. The van der Waals surface area contributed by atoms with E-state index in [-0.39, 0.29) is 18.2 Å². The third-order valence-electron chi connectivity index (χ3n) is 4.30.